The van der Waals surface area contributed by atoms with E-state index in [-0.39, 0.29) is 6.61 Å². The minimum absolute atomic E-state index is 0.221. The molecule has 1 aliphatic heterocycles. The SMILES string of the molecule is OC1COC(O)(C(F)F)C1. The Morgan fingerprint density at radius 1 is 1.60 bits per heavy atom. The molecular formula is C5H8F2O3. The van der Waals surface area contributed by atoms with Crippen molar-refractivity contribution in [3.63, 3.8) is 0 Å². The van der Waals surface area contributed by atoms with Crippen LogP contribution in [0.3, 0.4) is 0 Å². The van der Waals surface area contributed by atoms with Gasteiger partial charge in [0, 0.05) is 6.42 Å². The fourth-order valence-electron chi connectivity index (χ4n) is 0.848. The van der Waals surface area contributed by atoms with Crippen LogP contribution >= 0.6 is 0 Å². The van der Waals surface area contributed by atoms with Gasteiger partial charge in [-0.3, -0.25) is 0 Å². The molecule has 0 radical (unpaired) electrons. The minimum atomic E-state index is -2.95. The molecule has 0 aliphatic carbocycles. The van der Waals surface area contributed by atoms with E-state index in [9.17, 15) is 8.78 Å². The Bertz CT molecular complexity index is 130. The summed E-state index contributed by atoms with van der Waals surface area (Å²) in [6.45, 7) is -0.221. The molecular weight excluding hydrogens is 146 g/mol. The Morgan fingerprint density at radius 3 is 2.40 bits per heavy atom. The van der Waals surface area contributed by atoms with E-state index >= 15 is 0 Å². The van der Waals surface area contributed by atoms with E-state index in [0.717, 1.165) is 0 Å². The summed E-state index contributed by atoms with van der Waals surface area (Å²) in [4.78, 5) is 0. The van der Waals surface area contributed by atoms with Crippen molar-refractivity contribution in [2.45, 2.75) is 24.7 Å². The number of aliphatic hydroxyl groups is 2. The largest absolute Gasteiger partial charge is 0.391 e. The highest BCUT2D eigenvalue weighted by molar-refractivity contribution is 4.81. The van der Waals surface area contributed by atoms with Crippen molar-refractivity contribution < 1.29 is 23.7 Å². The minimum Gasteiger partial charge on any atom is -0.391 e. The van der Waals surface area contributed by atoms with Crippen LogP contribution in [0.1, 0.15) is 6.42 Å². The molecule has 1 fully saturated rings. The molecule has 1 saturated heterocycles. The van der Waals surface area contributed by atoms with Crippen LogP contribution in [0.4, 0.5) is 8.78 Å². The Morgan fingerprint density at radius 2 is 2.20 bits per heavy atom. The van der Waals surface area contributed by atoms with Gasteiger partial charge in [-0.2, -0.15) is 0 Å². The molecule has 0 spiro atoms. The summed E-state index contributed by atoms with van der Waals surface area (Å²) in [5, 5.41) is 17.5. The molecule has 5 heteroatoms. The van der Waals surface area contributed by atoms with E-state index in [4.69, 9.17) is 10.2 Å². The van der Waals surface area contributed by atoms with E-state index < -0.39 is 24.7 Å². The van der Waals surface area contributed by atoms with Crippen LogP contribution < -0.4 is 0 Å². The lowest BCUT2D eigenvalue weighted by Gasteiger charge is -2.19. The topological polar surface area (TPSA) is 49.7 Å². The van der Waals surface area contributed by atoms with Crippen molar-refractivity contribution in [1.82, 2.24) is 0 Å². The summed E-state index contributed by atoms with van der Waals surface area (Å²) in [6.07, 6.45) is -4.34. The van der Waals surface area contributed by atoms with E-state index in [1.165, 1.54) is 0 Å². The first-order chi connectivity index (χ1) is 4.54. The average Bonchev–Trinajstić information content (AvgIpc) is 2.13. The molecule has 0 aromatic carbocycles. The molecule has 2 N–H and O–H groups in total. The van der Waals surface area contributed by atoms with Gasteiger partial charge in [-0.05, 0) is 0 Å². The van der Waals surface area contributed by atoms with Crippen molar-refractivity contribution in [2.24, 2.45) is 0 Å². The van der Waals surface area contributed by atoms with Gasteiger partial charge in [0.2, 0.25) is 5.79 Å². The molecule has 0 saturated carbocycles. The highest BCUT2D eigenvalue weighted by atomic mass is 19.3. The normalized spacial score (nSPS) is 41.1. The summed E-state index contributed by atoms with van der Waals surface area (Å²) < 4.78 is 27.9. The van der Waals surface area contributed by atoms with E-state index in [1.807, 2.05) is 0 Å². The van der Waals surface area contributed by atoms with Gasteiger partial charge in [-0.25, -0.2) is 8.78 Å². The van der Waals surface area contributed by atoms with Crippen LogP contribution in [0.5, 0.6) is 0 Å². The maximum absolute atomic E-state index is 11.8. The highest BCUT2D eigenvalue weighted by Gasteiger charge is 2.45. The summed E-state index contributed by atoms with van der Waals surface area (Å²) in [5.74, 6) is -2.42. The number of alkyl halides is 2. The van der Waals surface area contributed by atoms with E-state index in [1.54, 1.807) is 0 Å². The molecule has 3 nitrogen and oxygen atoms in total. The lowest BCUT2D eigenvalue weighted by atomic mass is 10.2. The Kier molecular flexibility index (Phi) is 1.89. The lowest BCUT2D eigenvalue weighted by Crippen LogP contribution is -2.36. The van der Waals surface area contributed by atoms with Crippen LogP contribution in [0.15, 0.2) is 0 Å². The van der Waals surface area contributed by atoms with E-state index in [0.29, 0.717) is 0 Å². The van der Waals surface area contributed by atoms with Crippen LogP contribution in [0.25, 0.3) is 0 Å². The first-order valence-electron chi connectivity index (χ1n) is 2.87. The van der Waals surface area contributed by atoms with Crippen molar-refractivity contribution in [3.05, 3.63) is 0 Å². The monoisotopic (exact) mass is 154 g/mol. The maximum Gasteiger partial charge on any atom is 0.291 e. The fourth-order valence-corrected chi connectivity index (χ4v) is 0.848. The van der Waals surface area contributed by atoms with Gasteiger partial charge in [0.1, 0.15) is 0 Å². The fraction of sp³-hybridized carbons (Fsp3) is 1.00. The van der Waals surface area contributed by atoms with Crippen LogP contribution in [0.2, 0.25) is 0 Å². The van der Waals surface area contributed by atoms with Crippen LogP contribution in [-0.4, -0.2) is 35.1 Å². The second kappa shape index (κ2) is 2.41. The Labute approximate surface area is 56.2 Å². The van der Waals surface area contributed by atoms with Gasteiger partial charge >= 0.3 is 0 Å². The average molecular weight is 154 g/mol. The van der Waals surface area contributed by atoms with Crippen molar-refractivity contribution >= 4 is 0 Å². The van der Waals surface area contributed by atoms with Gasteiger partial charge in [0.05, 0.1) is 12.7 Å². The standard InChI is InChI=1S/C5H8F2O3/c6-4(7)5(9)1-3(8)2-10-5/h3-4,8-9H,1-2H2. The number of hydrogen-bond acceptors (Lipinski definition) is 3. The van der Waals surface area contributed by atoms with Crippen molar-refractivity contribution in [2.75, 3.05) is 6.61 Å². The molecule has 1 aliphatic rings. The maximum atomic E-state index is 11.8. The smallest absolute Gasteiger partial charge is 0.291 e. The molecule has 0 bridgehead atoms. The first kappa shape index (κ1) is 7.84. The predicted molar refractivity (Wildman–Crippen MR) is 27.5 cm³/mol. The van der Waals surface area contributed by atoms with Gasteiger partial charge in [0.15, 0.2) is 0 Å². The molecule has 2 unspecified atom stereocenters. The molecule has 2 atom stereocenters. The second-order valence-corrected chi connectivity index (χ2v) is 2.31. The quantitative estimate of drug-likeness (QED) is 0.546. The van der Waals surface area contributed by atoms with Gasteiger partial charge < -0.3 is 14.9 Å². The molecule has 60 valence electrons. The number of ether oxygens (including phenoxy) is 1. The molecule has 10 heavy (non-hydrogen) atoms. The third kappa shape index (κ3) is 1.25. The lowest BCUT2D eigenvalue weighted by molar-refractivity contribution is -0.243. The van der Waals surface area contributed by atoms with Crippen molar-refractivity contribution in [3.8, 4) is 0 Å². The van der Waals surface area contributed by atoms with Gasteiger partial charge in [0.25, 0.3) is 6.43 Å². The highest BCUT2D eigenvalue weighted by Crippen LogP contribution is 2.28. The summed E-state index contributed by atoms with van der Waals surface area (Å²) >= 11 is 0. The van der Waals surface area contributed by atoms with E-state index in [2.05, 4.69) is 4.74 Å². The number of hydrogen-bond donors (Lipinski definition) is 2. The molecule has 1 heterocycles. The van der Waals surface area contributed by atoms with Crippen LogP contribution in [-0.2, 0) is 4.74 Å². The Hall–Kier alpha value is -0.260. The third-order valence-electron chi connectivity index (χ3n) is 1.39. The second-order valence-electron chi connectivity index (χ2n) is 2.31. The van der Waals surface area contributed by atoms with Gasteiger partial charge in [-0.15, -0.1) is 0 Å². The third-order valence-corrected chi connectivity index (χ3v) is 1.39. The Balaban J connectivity index is 2.54. The number of halogens is 2. The molecule has 0 amide bonds. The van der Waals surface area contributed by atoms with Crippen molar-refractivity contribution in [1.29, 1.82) is 0 Å². The first-order valence-corrected chi connectivity index (χ1v) is 2.87. The molecule has 0 aromatic rings. The number of aliphatic hydroxyl groups excluding tert-OH is 1. The summed E-state index contributed by atoms with van der Waals surface area (Å²) in [6, 6.07) is 0. The zero-order valence-electron chi connectivity index (χ0n) is 5.13. The number of rotatable bonds is 1. The zero-order valence-corrected chi connectivity index (χ0v) is 5.13. The van der Waals surface area contributed by atoms with Gasteiger partial charge in [-0.1, -0.05) is 0 Å². The molecule has 1 rings (SSSR count). The molecule has 0 aromatic heterocycles. The summed E-state index contributed by atoms with van der Waals surface area (Å²) in [7, 11) is 0. The summed E-state index contributed by atoms with van der Waals surface area (Å²) in [5.41, 5.74) is 0. The zero-order chi connectivity index (χ0) is 7.78. The van der Waals surface area contributed by atoms with Crippen LogP contribution in [0, 0.1) is 0 Å². The predicted octanol–water partition coefficient (Wildman–Crippen LogP) is -0.279.